The summed E-state index contributed by atoms with van der Waals surface area (Å²) in [6, 6.07) is 11.5. The van der Waals surface area contributed by atoms with Crippen LogP contribution in [0.4, 0.5) is 18.9 Å². The van der Waals surface area contributed by atoms with Crippen LogP contribution in [0.2, 0.25) is 0 Å². The molecule has 1 aliphatic rings. The van der Waals surface area contributed by atoms with Gasteiger partial charge in [0.05, 0.1) is 18.5 Å². The fourth-order valence-electron chi connectivity index (χ4n) is 3.83. The lowest BCUT2D eigenvalue weighted by Gasteiger charge is -2.20. The van der Waals surface area contributed by atoms with Crippen molar-refractivity contribution in [2.75, 3.05) is 5.32 Å². The molecule has 2 aromatic heterocycles. The minimum atomic E-state index is -5.08. The van der Waals surface area contributed by atoms with Crippen molar-refractivity contribution in [1.82, 2.24) is 25.3 Å². The Bertz CT molecular complexity index is 1140. The van der Waals surface area contributed by atoms with Gasteiger partial charge in [-0.25, -0.2) is 4.79 Å². The molecule has 4 atom stereocenters. The van der Waals surface area contributed by atoms with Gasteiger partial charge in [0.25, 0.3) is 5.91 Å². The van der Waals surface area contributed by atoms with Gasteiger partial charge in [0.15, 0.2) is 0 Å². The predicted octanol–water partition coefficient (Wildman–Crippen LogP) is 2.90. The summed E-state index contributed by atoms with van der Waals surface area (Å²) >= 11 is 0. The van der Waals surface area contributed by atoms with Crippen molar-refractivity contribution in [2.45, 2.75) is 56.6 Å². The van der Waals surface area contributed by atoms with E-state index in [1.54, 1.807) is 31.7 Å². The van der Waals surface area contributed by atoms with Crippen LogP contribution >= 0.6 is 0 Å². The lowest BCUT2D eigenvalue weighted by atomic mass is 10.0. The van der Waals surface area contributed by atoms with Crippen LogP contribution in [0.5, 0.6) is 0 Å². The average molecular weight is 521 g/mol. The normalized spacial score (nSPS) is 18.8. The van der Waals surface area contributed by atoms with Gasteiger partial charge in [-0.05, 0) is 49.9 Å². The van der Waals surface area contributed by atoms with E-state index in [0.29, 0.717) is 6.04 Å². The molecule has 0 aliphatic carbocycles. The van der Waals surface area contributed by atoms with Crippen LogP contribution in [0.25, 0.3) is 0 Å². The first-order chi connectivity index (χ1) is 17.5. The number of aromatic nitrogens is 4. The predicted molar refractivity (Wildman–Crippen MR) is 126 cm³/mol. The second-order valence-corrected chi connectivity index (χ2v) is 8.50. The van der Waals surface area contributed by atoms with Crippen LogP contribution in [0.1, 0.15) is 43.0 Å². The second-order valence-electron chi connectivity index (χ2n) is 8.50. The van der Waals surface area contributed by atoms with Crippen molar-refractivity contribution in [3.8, 4) is 0 Å². The lowest BCUT2D eigenvalue weighted by Crippen LogP contribution is -2.35. The van der Waals surface area contributed by atoms with Crippen LogP contribution < -0.4 is 10.6 Å². The zero-order valence-corrected chi connectivity index (χ0v) is 19.8. The maximum absolute atomic E-state index is 12.3. The number of carbonyl (C=O) groups is 2. The molecule has 0 saturated carbocycles. The van der Waals surface area contributed by atoms with Crippen LogP contribution in [0.15, 0.2) is 61.2 Å². The van der Waals surface area contributed by atoms with Gasteiger partial charge >= 0.3 is 12.1 Å². The molecule has 3 aromatic rings. The first-order valence-electron chi connectivity index (χ1n) is 11.4. The van der Waals surface area contributed by atoms with Crippen molar-refractivity contribution in [1.29, 1.82) is 0 Å². The molecule has 1 aliphatic heterocycles. The third-order valence-electron chi connectivity index (χ3n) is 5.79. The van der Waals surface area contributed by atoms with Crippen molar-refractivity contribution < 1.29 is 33.0 Å². The van der Waals surface area contributed by atoms with Crippen molar-refractivity contribution in [3.63, 3.8) is 0 Å². The Morgan fingerprint density at radius 3 is 2.35 bits per heavy atom. The summed E-state index contributed by atoms with van der Waals surface area (Å²) in [5.41, 5.74) is 2.77. The summed E-state index contributed by atoms with van der Waals surface area (Å²) < 4.78 is 31.7. The molecule has 0 radical (unpaired) electrons. The maximum atomic E-state index is 12.3. The first kappa shape index (κ1) is 27.7. The van der Waals surface area contributed by atoms with E-state index in [1.165, 1.54) is 10.4 Å². The highest BCUT2D eigenvalue weighted by Crippen LogP contribution is 2.26. The number of alkyl halides is 3. The van der Waals surface area contributed by atoms with E-state index in [1.807, 2.05) is 36.4 Å². The Morgan fingerprint density at radius 1 is 1.14 bits per heavy atom. The molecule has 1 amide bonds. The molecular weight excluding hydrogens is 493 g/mol. The number of benzene rings is 1. The standard InChI is InChI=1S/C22H26N6O2.C2HF3O2/c1-15(28-24-11-12-25-28)22(30)27-18-6-4-16(5-7-18)13-19-8-9-20(26-19)21(29)17-3-2-10-23-14-17;3-2(4,5)1(6)7/h2-7,10-12,14-15,19-21,26,29H,8-9,13H2,1H3,(H,27,30);(H,6,7)/t15-,19+,20+,21+;/m0./s1. The number of aliphatic hydroxyl groups is 1. The van der Waals surface area contributed by atoms with Gasteiger partial charge in [-0.3, -0.25) is 9.78 Å². The number of aliphatic carboxylic acids is 1. The van der Waals surface area contributed by atoms with Crippen LogP contribution in [0.3, 0.4) is 0 Å². The van der Waals surface area contributed by atoms with E-state index >= 15 is 0 Å². The van der Waals surface area contributed by atoms with E-state index in [9.17, 15) is 23.1 Å². The number of amides is 1. The van der Waals surface area contributed by atoms with Gasteiger partial charge in [0.2, 0.25) is 0 Å². The SMILES string of the molecule is C[C@@H](C(=O)Nc1ccc(C[C@H]2CC[C@H]([C@H](O)c3cccnc3)N2)cc1)n1nccn1.O=C(O)C(F)(F)F. The third-order valence-corrected chi connectivity index (χ3v) is 5.79. The number of aliphatic hydroxyl groups excluding tert-OH is 1. The molecule has 1 aromatic carbocycles. The summed E-state index contributed by atoms with van der Waals surface area (Å²) in [6.07, 6.45) is 3.71. The molecular formula is C24H27F3N6O4. The Labute approximate surface area is 210 Å². The van der Waals surface area contributed by atoms with E-state index in [-0.39, 0.29) is 11.9 Å². The van der Waals surface area contributed by atoms with Crippen LogP contribution in [0, 0.1) is 0 Å². The Kier molecular flexibility index (Phi) is 9.31. The van der Waals surface area contributed by atoms with Crippen molar-refractivity contribution in [3.05, 3.63) is 72.3 Å². The molecule has 4 N–H and O–H groups in total. The first-order valence-corrected chi connectivity index (χ1v) is 11.4. The summed E-state index contributed by atoms with van der Waals surface area (Å²) in [5, 5.41) is 32.2. The number of hydrogen-bond donors (Lipinski definition) is 4. The zero-order valence-electron chi connectivity index (χ0n) is 19.8. The number of anilines is 1. The van der Waals surface area contributed by atoms with Gasteiger partial charge in [0, 0.05) is 35.7 Å². The molecule has 13 heteroatoms. The number of carbonyl (C=O) groups excluding carboxylic acids is 1. The van der Waals surface area contributed by atoms with E-state index in [4.69, 9.17) is 9.90 Å². The van der Waals surface area contributed by atoms with Gasteiger partial charge in [0.1, 0.15) is 6.04 Å². The minimum absolute atomic E-state index is 0.0372. The maximum Gasteiger partial charge on any atom is 0.490 e. The van der Waals surface area contributed by atoms with E-state index in [0.717, 1.165) is 30.5 Å². The zero-order chi connectivity index (χ0) is 27.0. The van der Waals surface area contributed by atoms with Gasteiger partial charge in [-0.1, -0.05) is 18.2 Å². The number of hydrogen-bond acceptors (Lipinski definition) is 7. The Morgan fingerprint density at radius 2 is 1.78 bits per heavy atom. The lowest BCUT2D eigenvalue weighted by molar-refractivity contribution is -0.192. The molecule has 37 heavy (non-hydrogen) atoms. The largest absolute Gasteiger partial charge is 0.490 e. The van der Waals surface area contributed by atoms with Gasteiger partial charge < -0.3 is 20.8 Å². The highest BCUT2D eigenvalue weighted by molar-refractivity contribution is 5.93. The quantitative estimate of drug-likeness (QED) is 0.373. The van der Waals surface area contributed by atoms with Crippen LogP contribution in [-0.2, 0) is 16.0 Å². The number of nitrogens with zero attached hydrogens (tertiary/aromatic N) is 4. The Hall–Kier alpha value is -3.84. The number of halogens is 3. The topological polar surface area (TPSA) is 142 Å². The summed E-state index contributed by atoms with van der Waals surface area (Å²) in [4.78, 5) is 26.7. The smallest absolute Gasteiger partial charge is 0.475 e. The molecule has 0 bridgehead atoms. The number of nitrogens with one attached hydrogen (secondary N) is 2. The van der Waals surface area contributed by atoms with E-state index in [2.05, 4.69) is 25.8 Å². The van der Waals surface area contributed by atoms with Gasteiger partial charge in [-0.15, -0.1) is 0 Å². The average Bonchev–Trinajstić information content (AvgIpc) is 3.57. The fourth-order valence-corrected chi connectivity index (χ4v) is 3.83. The summed E-state index contributed by atoms with van der Waals surface area (Å²) in [7, 11) is 0. The summed E-state index contributed by atoms with van der Waals surface area (Å²) in [5.74, 6) is -2.92. The van der Waals surface area contributed by atoms with Crippen LogP contribution in [-0.4, -0.2) is 60.3 Å². The highest BCUT2D eigenvalue weighted by atomic mass is 19.4. The Balaban J connectivity index is 0.000000479. The fraction of sp³-hybridized carbons (Fsp3) is 0.375. The molecule has 1 fully saturated rings. The molecule has 3 heterocycles. The number of carboxylic acids is 1. The molecule has 0 spiro atoms. The van der Waals surface area contributed by atoms with Gasteiger partial charge in [-0.2, -0.15) is 28.2 Å². The number of pyridine rings is 1. The molecule has 10 nitrogen and oxygen atoms in total. The third kappa shape index (κ3) is 8.08. The highest BCUT2D eigenvalue weighted by Gasteiger charge is 2.38. The van der Waals surface area contributed by atoms with Crippen molar-refractivity contribution in [2.24, 2.45) is 0 Å². The monoisotopic (exact) mass is 520 g/mol. The number of rotatable bonds is 7. The number of carboxylic acid groups (broad SMARTS) is 1. The molecule has 0 unspecified atom stereocenters. The van der Waals surface area contributed by atoms with E-state index < -0.39 is 24.3 Å². The molecule has 1 saturated heterocycles. The van der Waals surface area contributed by atoms with Crippen molar-refractivity contribution >= 4 is 17.6 Å². The summed E-state index contributed by atoms with van der Waals surface area (Å²) in [6.45, 7) is 1.76. The second kappa shape index (κ2) is 12.4. The minimum Gasteiger partial charge on any atom is -0.475 e. The molecule has 4 rings (SSSR count). The molecule has 198 valence electrons.